The fourth-order valence-electron chi connectivity index (χ4n) is 2.40. The lowest BCUT2D eigenvalue weighted by Crippen LogP contribution is -2.16. The second-order valence-electron chi connectivity index (χ2n) is 4.70. The molecule has 10 heteroatoms. The molecule has 10 nitrogen and oxygen atoms in total. The van der Waals surface area contributed by atoms with Gasteiger partial charge in [-0.25, -0.2) is 0 Å². The van der Waals surface area contributed by atoms with E-state index in [1.165, 1.54) is 6.07 Å². The minimum absolute atomic E-state index is 0.121. The maximum atomic E-state index is 12.0. The number of H-pyrrole nitrogens is 1. The molecule has 118 valence electrons. The van der Waals surface area contributed by atoms with Gasteiger partial charge < -0.3 is 20.2 Å². The molecule has 3 rings (SSSR count). The van der Waals surface area contributed by atoms with Crippen LogP contribution >= 0.6 is 0 Å². The van der Waals surface area contributed by atoms with Crippen molar-refractivity contribution in [2.45, 2.75) is 0 Å². The summed E-state index contributed by atoms with van der Waals surface area (Å²) in [5.74, 6) is 0.0611. The number of rotatable bonds is 2. The third kappa shape index (κ3) is 2.07. The van der Waals surface area contributed by atoms with E-state index >= 15 is 0 Å². The number of ether oxygens (including phenoxy) is 2. The Morgan fingerprint density at radius 1 is 1.21 bits per heavy atom. The van der Waals surface area contributed by atoms with E-state index in [2.05, 4.69) is 4.98 Å². The first-order valence-electron chi connectivity index (χ1n) is 6.42. The topological polar surface area (TPSA) is 168 Å². The predicted octanol–water partition coefficient (Wildman–Crippen LogP) is 1.00. The first kappa shape index (κ1) is 14.9. The van der Waals surface area contributed by atoms with E-state index in [0.717, 1.165) is 6.07 Å². The van der Waals surface area contributed by atoms with E-state index < -0.39 is 21.7 Å². The number of nitrogens with one attached hydrogen (secondary N) is 1. The van der Waals surface area contributed by atoms with Crippen LogP contribution in [0.2, 0.25) is 0 Å². The largest absolute Gasteiger partial charge is 0.454 e. The normalized spacial score (nSPS) is 11.6. The average Bonchev–Trinajstić information content (AvgIpc) is 3.00. The van der Waals surface area contributed by atoms with Crippen molar-refractivity contribution in [1.29, 1.82) is 10.5 Å². The highest BCUT2D eigenvalue weighted by Gasteiger charge is 2.29. The lowest BCUT2D eigenvalue weighted by molar-refractivity contribution is -0.384. The molecule has 1 aromatic carbocycles. The quantitative estimate of drug-likeness (QED) is 0.608. The Balaban J connectivity index is 2.47. The van der Waals surface area contributed by atoms with Crippen molar-refractivity contribution in [3.8, 4) is 34.8 Å². The molecule has 24 heavy (non-hydrogen) atoms. The summed E-state index contributed by atoms with van der Waals surface area (Å²) < 4.78 is 10.3. The van der Waals surface area contributed by atoms with Crippen LogP contribution in [0.15, 0.2) is 16.9 Å². The summed E-state index contributed by atoms with van der Waals surface area (Å²) in [5, 5.41) is 29.9. The highest BCUT2D eigenvalue weighted by molar-refractivity contribution is 5.86. The number of nitro groups is 1. The minimum atomic E-state index is -0.851. The Hall–Kier alpha value is -4.05. The Morgan fingerprint density at radius 3 is 2.42 bits per heavy atom. The molecular weight excluding hydrogens is 318 g/mol. The third-order valence-corrected chi connectivity index (χ3v) is 3.43. The van der Waals surface area contributed by atoms with Crippen LogP contribution in [0, 0.1) is 32.8 Å². The molecule has 1 aliphatic heterocycles. The van der Waals surface area contributed by atoms with Gasteiger partial charge in [0.05, 0.1) is 16.6 Å². The molecule has 2 heterocycles. The van der Waals surface area contributed by atoms with Crippen molar-refractivity contribution in [2.24, 2.45) is 0 Å². The second kappa shape index (κ2) is 5.30. The number of hydrogen-bond donors (Lipinski definition) is 2. The zero-order chi connectivity index (χ0) is 17.4. The number of benzene rings is 1. The van der Waals surface area contributed by atoms with Crippen molar-refractivity contribution in [2.75, 3.05) is 12.5 Å². The molecule has 0 unspecified atom stereocenters. The fraction of sp³-hybridized carbons (Fsp3) is 0.0714. The van der Waals surface area contributed by atoms with Crippen molar-refractivity contribution in [3.63, 3.8) is 0 Å². The summed E-state index contributed by atoms with van der Waals surface area (Å²) in [6.45, 7) is -0.121. The van der Waals surface area contributed by atoms with Crippen molar-refractivity contribution < 1.29 is 14.4 Å². The van der Waals surface area contributed by atoms with Gasteiger partial charge >= 0.3 is 0 Å². The Bertz CT molecular complexity index is 1030. The van der Waals surface area contributed by atoms with Crippen LogP contribution in [-0.2, 0) is 0 Å². The Morgan fingerprint density at radius 2 is 1.83 bits per heavy atom. The molecule has 0 spiro atoms. The predicted molar refractivity (Wildman–Crippen MR) is 79.1 cm³/mol. The molecule has 0 saturated carbocycles. The van der Waals surface area contributed by atoms with Crippen molar-refractivity contribution in [3.05, 3.63) is 43.7 Å². The van der Waals surface area contributed by atoms with E-state index in [-0.39, 0.29) is 40.8 Å². The van der Waals surface area contributed by atoms with Crippen LogP contribution in [0.5, 0.6) is 11.5 Å². The summed E-state index contributed by atoms with van der Waals surface area (Å²) in [6, 6.07) is 5.77. The van der Waals surface area contributed by atoms with Gasteiger partial charge in [-0.05, 0) is 6.07 Å². The van der Waals surface area contributed by atoms with Crippen LogP contribution in [0.4, 0.5) is 11.5 Å². The number of nitriles is 2. The molecule has 0 radical (unpaired) electrons. The molecule has 0 fully saturated rings. The molecule has 0 saturated heterocycles. The maximum Gasteiger partial charge on any atom is 0.281 e. The first-order chi connectivity index (χ1) is 11.5. The molecular formula is C14H7N5O5. The number of aromatic amines is 1. The van der Waals surface area contributed by atoms with Crippen LogP contribution < -0.4 is 20.8 Å². The molecule has 0 aliphatic carbocycles. The Labute approximate surface area is 133 Å². The molecule has 1 aliphatic rings. The number of aromatic nitrogens is 1. The number of hydrogen-bond acceptors (Lipinski definition) is 8. The van der Waals surface area contributed by atoms with Gasteiger partial charge in [0.15, 0.2) is 11.5 Å². The lowest BCUT2D eigenvalue weighted by Gasteiger charge is -2.10. The van der Waals surface area contributed by atoms with Crippen molar-refractivity contribution >= 4 is 11.5 Å². The van der Waals surface area contributed by atoms with Crippen LogP contribution in [0.3, 0.4) is 0 Å². The highest BCUT2D eigenvalue weighted by Crippen LogP contribution is 2.44. The minimum Gasteiger partial charge on any atom is -0.454 e. The molecule has 0 amide bonds. The number of pyridine rings is 1. The fourth-order valence-corrected chi connectivity index (χ4v) is 2.40. The molecule has 0 atom stereocenters. The zero-order valence-electron chi connectivity index (χ0n) is 11.8. The zero-order valence-corrected chi connectivity index (χ0v) is 11.8. The summed E-state index contributed by atoms with van der Waals surface area (Å²) in [7, 11) is 0. The van der Waals surface area contributed by atoms with E-state index in [4.69, 9.17) is 15.2 Å². The number of anilines is 1. The molecule has 1 aromatic heterocycles. The first-order valence-corrected chi connectivity index (χ1v) is 6.42. The van der Waals surface area contributed by atoms with Gasteiger partial charge in [-0.2, -0.15) is 10.5 Å². The number of nitrogen functional groups attached to an aromatic ring is 1. The number of nitrogens with zero attached hydrogens (tertiary/aromatic N) is 3. The summed E-state index contributed by atoms with van der Waals surface area (Å²) in [5.41, 5.74) is 3.28. The maximum absolute atomic E-state index is 12.0. The van der Waals surface area contributed by atoms with Crippen LogP contribution in [0.1, 0.15) is 11.1 Å². The van der Waals surface area contributed by atoms with E-state index in [1.807, 2.05) is 0 Å². The number of nitrogens with two attached hydrogens (primary N) is 1. The van der Waals surface area contributed by atoms with Gasteiger partial charge in [0.1, 0.15) is 29.1 Å². The van der Waals surface area contributed by atoms with Gasteiger partial charge in [0, 0.05) is 5.56 Å². The molecule has 2 aromatic rings. The summed E-state index contributed by atoms with van der Waals surface area (Å²) in [6.07, 6.45) is 0. The molecule has 3 N–H and O–H groups in total. The van der Waals surface area contributed by atoms with Gasteiger partial charge in [-0.3, -0.25) is 14.9 Å². The van der Waals surface area contributed by atoms with Gasteiger partial charge in [0.25, 0.3) is 11.2 Å². The molecule has 0 bridgehead atoms. The average molecular weight is 325 g/mol. The van der Waals surface area contributed by atoms with Crippen molar-refractivity contribution in [1.82, 2.24) is 4.98 Å². The second-order valence-corrected chi connectivity index (χ2v) is 4.70. The highest BCUT2D eigenvalue weighted by atomic mass is 16.7. The summed E-state index contributed by atoms with van der Waals surface area (Å²) >= 11 is 0. The van der Waals surface area contributed by atoms with Gasteiger partial charge in [0.2, 0.25) is 6.79 Å². The monoisotopic (exact) mass is 325 g/mol. The van der Waals surface area contributed by atoms with E-state index in [1.54, 1.807) is 12.1 Å². The van der Waals surface area contributed by atoms with Crippen LogP contribution in [0.25, 0.3) is 11.1 Å². The van der Waals surface area contributed by atoms with E-state index in [0.29, 0.717) is 0 Å². The standard InChI is InChI=1S/C14H7N5O5/c15-3-7-12(8(4-16)14(20)18-13(7)17)6-1-10-11(24-5-23-10)2-9(6)19(21)22/h1-2H,5H2,(H3,17,18,20). The van der Waals surface area contributed by atoms with Crippen LogP contribution in [-0.4, -0.2) is 16.7 Å². The third-order valence-electron chi connectivity index (χ3n) is 3.43. The lowest BCUT2D eigenvalue weighted by atomic mass is 9.95. The van der Waals surface area contributed by atoms with E-state index in [9.17, 15) is 25.4 Å². The summed E-state index contributed by atoms with van der Waals surface area (Å²) in [4.78, 5) is 24.8. The Kier molecular flexibility index (Phi) is 3.28. The SMILES string of the molecule is N#Cc1c(N)[nH]c(=O)c(C#N)c1-c1cc2c(cc1[N+](=O)[O-])OCO2. The number of fused-ring (bicyclic) bond motifs is 1. The number of nitro benzene ring substituents is 1. The van der Waals surface area contributed by atoms with Gasteiger partial charge in [-0.15, -0.1) is 0 Å². The van der Waals surface area contributed by atoms with Gasteiger partial charge in [-0.1, -0.05) is 0 Å². The smallest absolute Gasteiger partial charge is 0.281 e.